The molecule has 0 saturated heterocycles. The number of nitrogens with zero attached hydrogens (tertiary/aromatic N) is 2. The Kier molecular flexibility index (Phi) is 3.48. The van der Waals surface area contributed by atoms with Crippen LogP contribution in [0.1, 0.15) is 11.1 Å². The van der Waals surface area contributed by atoms with E-state index in [0.29, 0.717) is 5.69 Å². The van der Waals surface area contributed by atoms with E-state index in [0.717, 1.165) is 12.1 Å². The SMILES string of the molecule is N#Cc1cc(N)cnc1Nc1cccc(C(F)(F)F)c1. The second kappa shape index (κ2) is 5.09. The maximum Gasteiger partial charge on any atom is 0.416 e. The minimum Gasteiger partial charge on any atom is -0.397 e. The van der Waals surface area contributed by atoms with Crippen LogP contribution in [0.15, 0.2) is 36.5 Å². The maximum atomic E-state index is 12.6. The number of anilines is 3. The average molecular weight is 278 g/mol. The van der Waals surface area contributed by atoms with Crippen molar-refractivity contribution in [1.29, 1.82) is 5.26 Å². The van der Waals surface area contributed by atoms with Crippen LogP contribution in [0.5, 0.6) is 0 Å². The molecule has 0 radical (unpaired) electrons. The Bertz CT molecular complexity index is 674. The quantitative estimate of drug-likeness (QED) is 0.883. The molecule has 1 aromatic heterocycles. The van der Waals surface area contributed by atoms with Gasteiger partial charge in [-0.2, -0.15) is 18.4 Å². The number of halogens is 3. The highest BCUT2D eigenvalue weighted by molar-refractivity contribution is 5.65. The molecular formula is C13H9F3N4. The van der Waals surface area contributed by atoms with Crippen LogP contribution in [0.2, 0.25) is 0 Å². The van der Waals surface area contributed by atoms with Gasteiger partial charge in [-0.25, -0.2) is 4.98 Å². The fourth-order valence-corrected chi connectivity index (χ4v) is 1.58. The lowest BCUT2D eigenvalue weighted by atomic mass is 10.2. The Hall–Kier alpha value is -2.75. The summed E-state index contributed by atoms with van der Waals surface area (Å²) in [7, 11) is 0. The number of hydrogen-bond acceptors (Lipinski definition) is 4. The number of nitrogens with two attached hydrogens (primary N) is 1. The molecule has 0 aliphatic rings. The van der Waals surface area contributed by atoms with Crippen molar-refractivity contribution >= 4 is 17.2 Å². The highest BCUT2D eigenvalue weighted by atomic mass is 19.4. The van der Waals surface area contributed by atoms with Gasteiger partial charge in [0.05, 0.1) is 23.0 Å². The molecule has 2 rings (SSSR count). The summed E-state index contributed by atoms with van der Waals surface area (Å²) in [6, 6.07) is 7.90. The van der Waals surface area contributed by atoms with Crippen molar-refractivity contribution in [3.05, 3.63) is 47.7 Å². The van der Waals surface area contributed by atoms with Gasteiger partial charge in [0.1, 0.15) is 11.9 Å². The number of alkyl halides is 3. The van der Waals surface area contributed by atoms with E-state index < -0.39 is 11.7 Å². The highest BCUT2D eigenvalue weighted by Crippen LogP contribution is 2.31. The lowest BCUT2D eigenvalue weighted by Gasteiger charge is -2.11. The maximum absolute atomic E-state index is 12.6. The number of rotatable bonds is 2. The highest BCUT2D eigenvalue weighted by Gasteiger charge is 2.30. The van der Waals surface area contributed by atoms with Crippen molar-refractivity contribution in [2.75, 3.05) is 11.1 Å². The lowest BCUT2D eigenvalue weighted by Crippen LogP contribution is -2.05. The van der Waals surface area contributed by atoms with Gasteiger partial charge in [0.2, 0.25) is 0 Å². The van der Waals surface area contributed by atoms with Gasteiger partial charge in [-0.3, -0.25) is 0 Å². The van der Waals surface area contributed by atoms with E-state index in [-0.39, 0.29) is 17.1 Å². The molecule has 0 aliphatic heterocycles. The summed E-state index contributed by atoms with van der Waals surface area (Å²) in [5.41, 5.74) is 5.35. The van der Waals surface area contributed by atoms with Crippen LogP contribution in [0.25, 0.3) is 0 Å². The van der Waals surface area contributed by atoms with Gasteiger partial charge in [-0.1, -0.05) is 6.07 Å². The predicted molar refractivity (Wildman–Crippen MR) is 68.1 cm³/mol. The van der Waals surface area contributed by atoms with E-state index in [2.05, 4.69) is 10.3 Å². The van der Waals surface area contributed by atoms with Crippen LogP contribution in [0.3, 0.4) is 0 Å². The standard InChI is InChI=1S/C13H9F3N4/c14-13(15,16)9-2-1-3-11(5-9)20-12-8(6-17)4-10(18)7-19-12/h1-5,7H,18H2,(H,19,20). The van der Waals surface area contributed by atoms with Crippen LogP contribution >= 0.6 is 0 Å². The monoisotopic (exact) mass is 278 g/mol. The number of nitriles is 1. The van der Waals surface area contributed by atoms with Crippen LogP contribution in [-0.2, 0) is 6.18 Å². The van der Waals surface area contributed by atoms with Crippen LogP contribution in [0.4, 0.5) is 30.4 Å². The fourth-order valence-electron chi connectivity index (χ4n) is 1.58. The zero-order valence-electron chi connectivity index (χ0n) is 10.1. The van der Waals surface area contributed by atoms with Crippen molar-refractivity contribution in [3.63, 3.8) is 0 Å². The first-order valence-electron chi connectivity index (χ1n) is 5.50. The molecule has 0 bridgehead atoms. The van der Waals surface area contributed by atoms with Crippen molar-refractivity contribution in [1.82, 2.24) is 4.98 Å². The molecular weight excluding hydrogens is 269 g/mol. The minimum atomic E-state index is -4.43. The van der Waals surface area contributed by atoms with Crippen LogP contribution < -0.4 is 11.1 Å². The minimum absolute atomic E-state index is 0.154. The van der Waals surface area contributed by atoms with E-state index in [1.165, 1.54) is 24.4 Å². The van der Waals surface area contributed by atoms with E-state index >= 15 is 0 Å². The molecule has 0 atom stereocenters. The van der Waals surface area contributed by atoms with Gasteiger partial charge in [-0.15, -0.1) is 0 Å². The van der Waals surface area contributed by atoms with E-state index in [4.69, 9.17) is 11.0 Å². The molecule has 7 heteroatoms. The van der Waals surface area contributed by atoms with Gasteiger partial charge >= 0.3 is 6.18 Å². The summed E-state index contributed by atoms with van der Waals surface area (Å²) in [6.07, 6.45) is -3.11. The second-order valence-corrected chi connectivity index (χ2v) is 3.98. The molecule has 0 saturated carbocycles. The normalized spacial score (nSPS) is 10.9. The molecule has 102 valence electrons. The number of hydrogen-bond donors (Lipinski definition) is 2. The third-order valence-corrected chi connectivity index (χ3v) is 2.48. The molecule has 20 heavy (non-hydrogen) atoms. The first kappa shape index (κ1) is 13.7. The number of nitrogen functional groups attached to an aromatic ring is 1. The van der Waals surface area contributed by atoms with Gasteiger partial charge in [-0.05, 0) is 24.3 Å². The zero-order valence-corrected chi connectivity index (χ0v) is 10.1. The Morgan fingerprint density at radius 3 is 2.65 bits per heavy atom. The van der Waals surface area contributed by atoms with Crippen molar-refractivity contribution in [3.8, 4) is 6.07 Å². The molecule has 0 unspecified atom stereocenters. The summed E-state index contributed by atoms with van der Waals surface area (Å²) in [5, 5.41) is 11.6. The van der Waals surface area contributed by atoms with Crippen molar-refractivity contribution in [2.45, 2.75) is 6.18 Å². The molecule has 0 fully saturated rings. The summed E-state index contributed by atoms with van der Waals surface area (Å²) in [4.78, 5) is 3.90. The summed E-state index contributed by atoms with van der Waals surface area (Å²) in [5.74, 6) is 0.154. The van der Waals surface area contributed by atoms with E-state index in [1.807, 2.05) is 6.07 Å². The van der Waals surface area contributed by atoms with Gasteiger partial charge in [0.15, 0.2) is 0 Å². The van der Waals surface area contributed by atoms with Crippen molar-refractivity contribution in [2.24, 2.45) is 0 Å². The lowest BCUT2D eigenvalue weighted by molar-refractivity contribution is -0.137. The third kappa shape index (κ3) is 2.98. The molecule has 2 aromatic rings. The van der Waals surface area contributed by atoms with Crippen molar-refractivity contribution < 1.29 is 13.2 Å². The molecule has 4 nitrogen and oxygen atoms in total. The largest absolute Gasteiger partial charge is 0.416 e. The molecule has 1 aromatic carbocycles. The van der Waals surface area contributed by atoms with Crippen LogP contribution in [-0.4, -0.2) is 4.98 Å². The molecule has 0 aliphatic carbocycles. The van der Waals surface area contributed by atoms with Gasteiger partial charge < -0.3 is 11.1 Å². The van der Waals surface area contributed by atoms with E-state index in [9.17, 15) is 13.2 Å². The molecule has 3 N–H and O–H groups in total. The summed E-state index contributed by atoms with van der Waals surface area (Å²) in [6.45, 7) is 0. The van der Waals surface area contributed by atoms with Gasteiger partial charge in [0, 0.05) is 5.69 Å². The zero-order chi connectivity index (χ0) is 14.8. The fraction of sp³-hybridized carbons (Fsp3) is 0.0769. The Morgan fingerprint density at radius 2 is 2.00 bits per heavy atom. The average Bonchev–Trinajstić information content (AvgIpc) is 2.40. The summed E-state index contributed by atoms with van der Waals surface area (Å²) < 4.78 is 37.8. The second-order valence-electron chi connectivity index (χ2n) is 3.98. The predicted octanol–water partition coefficient (Wildman–Crippen LogP) is 3.30. The molecule has 1 heterocycles. The Morgan fingerprint density at radius 1 is 1.25 bits per heavy atom. The molecule has 0 amide bonds. The first-order valence-corrected chi connectivity index (χ1v) is 5.50. The summed E-state index contributed by atoms with van der Waals surface area (Å²) >= 11 is 0. The smallest absolute Gasteiger partial charge is 0.397 e. The number of benzene rings is 1. The third-order valence-electron chi connectivity index (χ3n) is 2.48. The first-order chi connectivity index (χ1) is 9.40. The Balaban J connectivity index is 2.34. The van der Waals surface area contributed by atoms with Gasteiger partial charge in [0.25, 0.3) is 0 Å². The van der Waals surface area contributed by atoms with E-state index in [1.54, 1.807) is 0 Å². The van der Waals surface area contributed by atoms with Crippen LogP contribution in [0, 0.1) is 11.3 Å². The number of pyridine rings is 1. The Labute approximate surface area is 112 Å². The number of aromatic nitrogens is 1. The molecule has 0 spiro atoms. The number of nitrogens with one attached hydrogen (secondary N) is 1. The topological polar surface area (TPSA) is 74.7 Å².